The van der Waals surface area contributed by atoms with Crippen molar-refractivity contribution in [3.8, 4) is 0 Å². The molecule has 2 unspecified atom stereocenters. The quantitative estimate of drug-likeness (QED) is 0.122. The molecule has 1 nitrogen and oxygen atoms in total. The Balaban J connectivity index is 1.40. The van der Waals surface area contributed by atoms with Crippen molar-refractivity contribution in [3.63, 3.8) is 0 Å². The molecule has 218 valence electrons. The summed E-state index contributed by atoms with van der Waals surface area (Å²) in [6, 6.07) is 0. The van der Waals surface area contributed by atoms with Crippen LogP contribution >= 0.6 is 0 Å². The van der Waals surface area contributed by atoms with E-state index in [1.807, 2.05) is 0 Å². The molecular weight excluding hydrogens is 446 g/mol. The number of unbranched alkanes of at least 4 members (excludes halogenated alkanes) is 18. The van der Waals surface area contributed by atoms with Crippen molar-refractivity contribution in [2.45, 2.75) is 200 Å². The lowest BCUT2D eigenvalue weighted by Crippen LogP contribution is -2.65. The van der Waals surface area contributed by atoms with Crippen molar-refractivity contribution in [1.29, 1.82) is 0 Å². The Morgan fingerprint density at radius 1 is 0.459 bits per heavy atom. The third-order valence-corrected chi connectivity index (χ3v) is 10.8. The second kappa shape index (κ2) is 16.3. The van der Waals surface area contributed by atoms with Gasteiger partial charge >= 0.3 is 0 Å². The topological polar surface area (TPSA) is 3.24 Å². The molecule has 0 aromatic rings. The van der Waals surface area contributed by atoms with E-state index in [-0.39, 0.29) is 0 Å². The molecule has 0 amide bonds. The summed E-state index contributed by atoms with van der Waals surface area (Å²) in [5.74, 6) is 1.02. The summed E-state index contributed by atoms with van der Waals surface area (Å²) in [5, 5.41) is 0. The van der Waals surface area contributed by atoms with Gasteiger partial charge in [0.15, 0.2) is 0 Å². The summed E-state index contributed by atoms with van der Waals surface area (Å²) < 4.78 is 0. The minimum atomic E-state index is 0.557. The highest BCUT2D eigenvalue weighted by Gasteiger charge is 2.61. The number of hydrogen-bond donors (Lipinski definition) is 0. The molecule has 0 heterocycles. The molecule has 1 heteroatoms. The van der Waals surface area contributed by atoms with Gasteiger partial charge in [-0.05, 0) is 81.2 Å². The van der Waals surface area contributed by atoms with Gasteiger partial charge in [-0.15, -0.1) is 0 Å². The van der Waals surface area contributed by atoms with E-state index in [4.69, 9.17) is 0 Å². The number of nitrogens with zero attached hydrogens (tertiary/aromatic N) is 1. The molecule has 4 fully saturated rings. The smallest absolute Gasteiger partial charge is 0.0222 e. The first kappa shape index (κ1) is 31.5. The van der Waals surface area contributed by atoms with E-state index in [0.717, 1.165) is 5.92 Å². The van der Waals surface area contributed by atoms with Crippen LogP contribution in [0.3, 0.4) is 0 Å². The van der Waals surface area contributed by atoms with Crippen molar-refractivity contribution in [3.05, 3.63) is 0 Å². The Morgan fingerprint density at radius 2 is 0.811 bits per heavy atom. The monoisotopic (exact) mass is 516 g/mol. The predicted octanol–water partition coefficient (Wildman–Crippen LogP) is 11.9. The molecule has 2 atom stereocenters. The zero-order valence-corrected chi connectivity index (χ0v) is 26.3. The van der Waals surface area contributed by atoms with Crippen molar-refractivity contribution >= 4 is 0 Å². The Labute approximate surface area is 234 Å². The fourth-order valence-electron chi connectivity index (χ4n) is 9.91. The van der Waals surface area contributed by atoms with Crippen molar-refractivity contribution in [2.75, 3.05) is 13.1 Å². The van der Waals surface area contributed by atoms with E-state index >= 15 is 0 Å². The van der Waals surface area contributed by atoms with Gasteiger partial charge in [0.05, 0.1) is 0 Å². The van der Waals surface area contributed by atoms with Crippen LogP contribution < -0.4 is 0 Å². The number of hydrogen-bond acceptors (Lipinski definition) is 1. The Morgan fingerprint density at radius 3 is 1.16 bits per heavy atom. The van der Waals surface area contributed by atoms with Gasteiger partial charge in [0.25, 0.3) is 0 Å². The van der Waals surface area contributed by atoms with Crippen molar-refractivity contribution in [1.82, 2.24) is 4.90 Å². The molecule has 4 aliphatic carbocycles. The molecular formula is C36H69N. The molecule has 0 saturated heterocycles. The van der Waals surface area contributed by atoms with Gasteiger partial charge in [0, 0.05) is 5.54 Å². The van der Waals surface area contributed by atoms with Gasteiger partial charge < -0.3 is 0 Å². The van der Waals surface area contributed by atoms with Crippen molar-refractivity contribution in [2.24, 2.45) is 16.7 Å². The summed E-state index contributed by atoms with van der Waals surface area (Å²) in [6.07, 6.45) is 38.3. The molecule has 0 N–H and O–H groups in total. The van der Waals surface area contributed by atoms with E-state index in [1.54, 1.807) is 0 Å². The fraction of sp³-hybridized carbons (Fsp3) is 1.00. The van der Waals surface area contributed by atoms with Crippen LogP contribution in [0.15, 0.2) is 0 Å². The molecule has 4 aliphatic rings. The van der Waals surface area contributed by atoms with Crippen LogP contribution in [0.5, 0.6) is 0 Å². The molecule has 0 radical (unpaired) electrons. The van der Waals surface area contributed by atoms with Gasteiger partial charge in [0.2, 0.25) is 0 Å². The third-order valence-electron chi connectivity index (χ3n) is 10.8. The highest BCUT2D eigenvalue weighted by molar-refractivity contribution is 5.14. The van der Waals surface area contributed by atoms with Crippen LogP contribution in [0.4, 0.5) is 0 Å². The summed E-state index contributed by atoms with van der Waals surface area (Å²) in [7, 11) is 0. The fourth-order valence-corrected chi connectivity index (χ4v) is 9.91. The summed E-state index contributed by atoms with van der Waals surface area (Å²) in [6.45, 7) is 12.8. The van der Waals surface area contributed by atoms with E-state index in [2.05, 4.69) is 32.6 Å². The number of rotatable bonds is 23. The average Bonchev–Trinajstić information content (AvgIpc) is 2.82. The van der Waals surface area contributed by atoms with E-state index < -0.39 is 0 Å². The maximum Gasteiger partial charge on any atom is 0.0222 e. The summed E-state index contributed by atoms with van der Waals surface area (Å²) in [5.41, 5.74) is 1.84. The first-order valence-electron chi connectivity index (χ1n) is 17.7. The lowest BCUT2D eigenvalue weighted by molar-refractivity contribution is -0.162. The van der Waals surface area contributed by atoms with Gasteiger partial charge in [-0.2, -0.15) is 0 Å². The van der Waals surface area contributed by atoms with E-state index in [9.17, 15) is 0 Å². The summed E-state index contributed by atoms with van der Waals surface area (Å²) in [4.78, 5) is 3.11. The standard InChI is InChI=1S/C36H69N/c1-5-7-9-11-13-15-17-19-21-23-25-37(26-24-22-20-18-16-14-12-10-8-6-2)36-29-33-27-34(3,31-36)30-35(4,28-33)32-36/h33H,5-32H2,1-4H3. The van der Waals surface area contributed by atoms with Gasteiger partial charge in [-0.3, -0.25) is 4.90 Å². The molecule has 0 aromatic carbocycles. The van der Waals surface area contributed by atoms with Crippen LogP contribution in [0.25, 0.3) is 0 Å². The second-order valence-electron chi connectivity index (χ2n) is 15.2. The molecule has 4 bridgehead atoms. The highest BCUT2D eigenvalue weighted by atomic mass is 15.2. The van der Waals surface area contributed by atoms with E-state index in [0.29, 0.717) is 16.4 Å². The van der Waals surface area contributed by atoms with E-state index in [1.165, 1.54) is 180 Å². The lowest BCUT2D eigenvalue weighted by Gasteiger charge is -2.68. The molecule has 4 rings (SSSR count). The zero-order chi connectivity index (χ0) is 26.5. The minimum Gasteiger partial charge on any atom is -0.298 e. The Bertz CT molecular complexity index is 553. The third kappa shape index (κ3) is 10.5. The maximum atomic E-state index is 3.11. The van der Waals surface area contributed by atoms with Gasteiger partial charge in [-0.25, -0.2) is 0 Å². The minimum absolute atomic E-state index is 0.557. The van der Waals surface area contributed by atoms with Gasteiger partial charge in [-0.1, -0.05) is 143 Å². The van der Waals surface area contributed by atoms with Crippen molar-refractivity contribution < 1.29 is 0 Å². The second-order valence-corrected chi connectivity index (χ2v) is 15.2. The first-order valence-corrected chi connectivity index (χ1v) is 17.7. The molecule has 0 spiro atoms. The predicted molar refractivity (Wildman–Crippen MR) is 165 cm³/mol. The van der Waals surface area contributed by atoms with Crippen LogP contribution in [-0.2, 0) is 0 Å². The highest BCUT2D eigenvalue weighted by Crippen LogP contribution is 2.67. The first-order chi connectivity index (χ1) is 17.9. The maximum absolute atomic E-state index is 3.11. The Kier molecular flexibility index (Phi) is 13.9. The van der Waals surface area contributed by atoms with Crippen LogP contribution in [0.1, 0.15) is 195 Å². The molecule has 37 heavy (non-hydrogen) atoms. The molecule has 0 aliphatic heterocycles. The van der Waals surface area contributed by atoms with Crippen LogP contribution in [-0.4, -0.2) is 23.5 Å². The van der Waals surface area contributed by atoms with Crippen LogP contribution in [0.2, 0.25) is 0 Å². The average molecular weight is 516 g/mol. The normalized spacial score (nSPS) is 30.6. The zero-order valence-electron chi connectivity index (χ0n) is 26.3. The molecule has 4 saturated carbocycles. The summed E-state index contributed by atoms with van der Waals surface area (Å²) >= 11 is 0. The Hall–Kier alpha value is -0.0400. The largest absolute Gasteiger partial charge is 0.298 e. The lowest BCUT2D eigenvalue weighted by atomic mass is 9.42. The molecule has 0 aromatic heterocycles. The van der Waals surface area contributed by atoms with Crippen LogP contribution in [0, 0.1) is 16.7 Å². The van der Waals surface area contributed by atoms with Gasteiger partial charge in [0.1, 0.15) is 0 Å². The SMILES string of the molecule is CCCCCCCCCCCCN(CCCCCCCCCCCC)C12CC3CC(C)(CC(C)(C3)C1)C2.